The van der Waals surface area contributed by atoms with Gasteiger partial charge in [0.2, 0.25) is 0 Å². The van der Waals surface area contributed by atoms with Gasteiger partial charge in [-0.3, -0.25) is 4.79 Å². The molecule has 0 bridgehead atoms. The summed E-state index contributed by atoms with van der Waals surface area (Å²) in [6, 6.07) is 14.9. The number of allylic oxidation sites excluding steroid dienone is 2. The second kappa shape index (κ2) is 5.64. The minimum Gasteiger partial charge on any atom is -0.378 e. The molecule has 116 valence electrons. The predicted molar refractivity (Wildman–Crippen MR) is 96.9 cm³/mol. The van der Waals surface area contributed by atoms with Crippen LogP contribution in [-0.4, -0.2) is 5.78 Å². The van der Waals surface area contributed by atoms with E-state index in [0.717, 1.165) is 22.1 Å². The molecule has 0 aromatic heterocycles. The van der Waals surface area contributed by atoms with E-state index in [1.165, 1.54) is 11.1 Å². The number of hydrogen-bond acceptors (Lipinski definition) is 2. The Labute approximate surface area is 144 Å². The second-order valence-electron chi connectivity index (χ2n) is 6.39. The lowest BCUT2D eigenvalue weighted by atomic mass is 9.76. The van der Waals surface area contributed by atoms with Crippen LogP contribution in [0.3, 0.4) is 0 Å². The van der Waals surface area contributed by atoms with Crippen molar-refractivity contribution in [2.75, 3.05) is 5.32 Å². The molecule has 1 heterocycles. The molecule has 2 aromatic carbocycles. The Morgan fingerprint density at radius 2 is 2.09 bits per heavy atom. The molecule has 4 rings (SSSR count). The normalized spacial score (nSPS) is 24.7. The smallest absolute Gasteiger partial charge is 0.159 e. The van der Waals surface area contributed by atoms with E-state index in [1.807, 2.05) is 6.07 Å². The van der Waals surface area contributed by atoms with Gasteiger partial charge < -0.3 is 5.32 Å². The molecule has 1 aliphatic carbocycles. The van der Waals surface area contributed by atoms with Gasteiger partial charge in [-0.05, 0) is 60.7 Å². The highest BCUT2D eigenvalue weighted by Gasteiger charge is 2.38. The van der Waals surface area contributed by atoms with Crippen molar-refractivity contribution in [1.29, 1.82) is 0 Å². The molecule has 0 radical (unpaired) electrons. The van der Waals surface area contributed by atoms with Gasteiger partial charge in [-0.1, -0.05) is 40.2 Å². The topological polar surface area (TPSA) is 29.1 Å². The molecule has 0 fully saturated rings. The zero-order valence-corrected chi connectivity index (χ0v) is 14.5. The second-order valence-corrected chi connectivity index (χ2v) is 7.30. The Hall–Kier alpha value is -1.87. The highest BCUT2D eigenvalue weighted by molar-refractivity contribution is 9.10. The van der Waals surface area contributed by atoms with Crippen molar-refractivity contribution < 1.29 is 4.79 Å². The number of carbonyl (C=O) groups is 1. The maximum Gasteiger partial charge on any atom is 0.159 e. The van der Waals surface area contributed by atoms with Crippen LogP contribution in [0.5, 0.6) is 0 Å². The lowest BCUT2D eigenvalue weighted by Gasteiger charge is -2.37. The van der Waals surface area contributed by atoms with E-state index in [0.29, 0.717) is 17.9 Å². The fraction of sp³-hybridized carbons (Fsp3) is 0.250. The van der Waals surface area contributed by atoms with Crippen molar-refractivity contribution in [3.8, 4) is 0 Å². The molecule has 1 aliphatic heterocycles. The van der Waals surface area contributed by atoms with Crippen molar-refractivity contribution in [2.45, 2.75) is 25.3 Å². The number of Topliss-reactive ketones (excluding diaryl/α,β-unsaturated/α-hetero) is 1. The van der Waals surface area contributed by atoms with Crippen LogP contribution in [0.4, 0.5) is 5.69 Å². The van der Waals surface area contributed by atoms with Crippen LogP contribution in [0.2, 0.25) is 0 Å². The van der Waals surface area contributed by atoms with Gasteiger partial charge in [0.05, 0.1) is 6.04 Å². The van der Waals surface area contributed by atoms with Crippen molar-refractivity contribution in [3.05, 3.63) is 75.8 Å². The van der Waals surface area contributed by atoms with Gasteiger partial charge in [-0.15, -0.1) is 0 Å². The molecular formula is C20H18BrNO. The van der Waals surface area contributed by atoms with Gasteiger partial charge in [0, 0.05) is 21.6 Å². The summed E-state index contributed by atoms with van der Waals surface area (Å²) in [5, 5.41) is 3.71. The van der Waals surface area contributed by atoms with Crippen LogP contribution in [0.25, 0.3) is 0 Å². The highest BCUT2D eigenvalue weighted by atomic mass is 79.9. The predicted octanol–water partition coefficient (Wildman–Crippen LogP) is 5.48. The van der Waals surface area contributed by atoms with E-state index < -0.39 is 0 Å². The lowest BCUT2D eigenvalue weighted by Crippen LogP contribution is -2.29. The summed E-state index contributed by atoms with van der Waals surface area (Å²) in [6.07, 6.45) is 5.65. The first-order valence-electron chi connectivity index (χ1n) is 7.97. The zero-order chi connectivity index (χ0) is 16.0. The largest absolute Gasteiger partial charge is 0.378 e. The zero-order valence-electron chi connectivity index (χ0n) is 12.9. The van der Waals surface area contributed by atoms with Crippen LogP contribution in [0.15, 0.2) is 59.1 Å². The Morgan fingerprint density at radius 3 is 2.87 bits per heavy atom. The number of benzene rings is 2. The summed E-state index contributed by atoms with van der Waals surface area (Å²) in [5.41, 5.74) is 4.50. The molecular weight excluding hydrogens is 350 g/mol. The third-order valence-corrected chi connectivity index (χ3v) is 5.47. The molecule has 3 atom stereocenters. The first-order valence-corrected chi connectivity index (χ1v) is 8.76. The van der Waals surface area contributed by atoms with Crippen LogP contribution in [-0.2, 0) is 0 Å². The minimum atomic E-state index is 0.125. The number of rotatable bonds is 2. The molecule has 0 spiro atoms. The van der Waals surface area contributed by atoms with Gasteiger partial charge in [0.25, 0.3) is 0 Å². The molecule has 2 aromatic rings. The number of halogens is 1. The van der Waals surface area contributed by atoms with Crippen LogP contribution >= 0.6 is 15.9 Å². The first-order chi connectivity index (χ1) is 11.1. The fourth-order valence-corrected chi connectivity index (χ4v) is 4.26. The average Bonchev–Trinajstić information content (AvgIpc) is 3.03. The summed E-state index contributed by atoms with van der Waals surface area (Å²) in [7, 11) is 0. The molecule has 0 unspecified atom stereocenters. The van der Waals surface area contributed by atoms with Crippen LogP contribution in [0.1, 0.15) is 46.8 Å². The van der Waals surface area contributed by atoms with Crippen molar-refractivity contribution >= 4 is 27.4 Å². The number of hydrogen-bond donors (Lipinski definition) is 1. The molecule has 3 heteroatoms. The van der Waals surface area contributed by atoms with Crippen LogP contribution < -0.4 is 5.32 Å². The SMILES string of the molecule is CC(=O)c1ccc2c(c1)[C@@H]1C=CC[C@@H]1[C@H](c1cccc(Br)c1)N2. The maximum atomic E-state index is 11.7. The standard InChI is InChI=1S/C20H18BrNO/c1-12(23)13-8-9-19-18(11-13)16-6-3-7-17(16)20(22-19)14-4-2-5-15(21)10-14/h2-6,8-11,16-17,20,22H,7H2,1H3/t16-,17+,20+/m1/s1. The third kappa shape index (κ3) is 2.53. The molecule has 0 amide bonds. The Balaban J connectivity index is 1.79. The summed E-state index contributed by atoms with van der Waals surface area (Å²) >= 11 is 3.58. The van der Waals surface area contributed by atoms with Gasteiger partial charge in [-0.2, -0.15) is 0 Å². The van der Waals surface area contributed by atoms with E-state index in [4.69, 9.17) is 0 Å². The summed E-state index contributed by atoms with van der Waals surface area (Å²) in [6.45, 7) is 1.63. The molecule has 2 nitrogen and oxygen atoms in total. The van der Waals surface area contributed by atoms with Gasteiger partial charge in [0.15, 0.2) is 5.78 Å². The Morgan fingerprint density at radius 1 is 1.22 bits per heavy atom. The van der Waals surface area contributed by atoms with E-state index in [2.05, 4.69) is 69.8 Å². The summed E-state index contributed by atoms with van der Waals surface area (Å²) in [4.78, 5) is 11.7. The van der Waals surface area contributed by atoms with Gasteiger partial charge >= 0.3 is 0 Å². The summed E-state index contributed by atoms with van der Waals surface area (Å²) in [5.74, 6) is 1.01. The quantitative estimate of drug-likeness (QED) is 0.562. The molecule has 0 saturated carbocycles. The maximum absolute atomic E-state index is 11.7. The van der Waals surface area contributed by atoms with Crippen LogP contribution in [0, 0.1) is 5.92 Å². The van der Waals surface area contributed by atoms with E-state index in [1.54, 1.807) is 6.92 Å². The molecule has 2 aliphatic rings. The van der Waals surface area contributed by atoms with Gasteiger partial charge in [0.1, 0.15) is 0 Å². The molecule has 0 saturated heterocycles. The Bertz CT molecular complexity index is 811. The number of fused-ring (bicyclic) bond motifs is 3. The van der Waals surface area contributed by atoms with E-state index in [9.17, 15) is 4.79 Å². The van der Waals surface area contributed by atoms with Crippen molar-refractivity contribution in [1.82, 2.24) is 0 Å². The number of ketones is 1. The summed E-state index contributed by atoms with van der Waals surface area (Å²) < 4.78 is 1.11. The van der Waals surface area contributed by atoms with Crippen molar-refractivity contribution in [2.24, 2.45) is 5.92 Å². The minimum absolute atomic E-state index is 0.125. The average molecular weight is 368 g/mol. The first kappa shape index (κ1) is 14.7. The fourth-order valence-electron chi connectivity index (χ4n) is 3.84. The Kier molecular flexibility index (Phi) is 3.61. The van der Waals surface area contributed by atoms with Crippen molar-refractivity contribution in [3.63, 3.8) is 0 Å². The number of nitrogens with one attached hydrogen (secondary N) is 1. The van der Waals surface area contributed by atoms with Gasteiger partial charge in [-0.25, -0.2) is 0 Å². The number of carbonyl (C=O) groups excluding carboxylic acids is 1. The van der Waals surface area contributed by atoms with E-state index in [-0.39, 0.29) is 5.78 Å². The molecule has 1 N–H and O–H groups in total. The van der Waals surface area contributed by atoms with E-state index >= 15 is 0 Å². The monoisotopic (exact) mass is 367 g/mol. The lowest BCUT2D eigenvalue weighted by molar-refractivity contribution is 0.101. The third-order valence-electron chi connectivity index (χ3n) is 4.98. The highest BCUT2D eigenvalue weighted by Crippen LogP contribution is 2.50. The number of anilines is 1. The molecule has 23 heavy (non-hydrogen) atoms.